The first-order chi connectivity index (χ1) is 33.8. The molecule has 0 fully saturated rings. The minimum Gasteiger partial charge on any atom is -0.481 e. The lowest BCUT2D eigenvalue weighted by Crippen LogP contribution is -2.33. The van der Waals surface area contributed by atoms with Crippen molar-refractivity contribution in [2.45, 2.75) is 45.7 Å². The van der Waals surface area contributed by atoms with Crippen LogP contribution in [0, 0.1) is 0 Å². The summed E-state index contributed by atoms with van der Waals surface area (Å²) < 4.78 is 54.3. The van der Waals surface area contributed by atoms with Gasteiger partial charge in [0, 0.05) is 66.8 Å². The Morgan fingerprint density at radius 2 is 1.17 bits per heavy atom. The van der Waals surface area contributed by atoms with Crippen molar-refractivity contribution in [3.05, 3.63) is 65.5 Å². The van der Waals surface area contributed by atoms with Gasteiger partial charge in [-0.15, -0.1) is 0 Å². The molecule has 0 aliphatic carbocycles. The summed E-state index contributed by atoms with van der Waals surface area (Å²) in [5.74, 6) is -0.334. The highest BCUT2D eigenvalue weighted by Gasteiger charge is 2.22. The molecule has 1 aliphatic rings. The number of fused-ring (bicyclic) bond motifs is 1. The van der Waals surface area contributed by atoms with Crippen LogP contribution in [0.2, 0.25) is 0 Å². The van der Waals surface area contributed by atoms with Gasteiger partial charge in [-0.25, -0.2) is 15.0 Å². The normalized spacial score (nSPS) is 12.3. The Labute approximate surface area is 403 Å². The van der Waals surface area contributed by atoms with Crippen LogP contribution >= 0.6 is 0 Å². The Morgan fingerprint density at radius 3 is 1.64 bits per heavy atom. The van der Waals surface area contributed by atoms with E-state index in [-0.39, 0.29) is 50.8 Å². The van der Waals surface area contributed by atoms with E-state index < -0.39 is 5.97 Å². The number of rotatable bonds is 41. The summed E-state index contributed by atoms with van der Waals surface area (Å²) in [6, 6.07) is 5.74. The standard InChI is InChI=1S/C47H70N8O14/c1-2-7-55(36-37-31-52-53-32-37)47(59)40-28-39-4-3-38(29-42(39)54-43(48)30-40)41-33-49-44(50-34-41)35-51-45(56)5-8-60-10-12-62-14-16-64-18-20-66-22-24-68-26-27-69-25-23-67-21-19-65-17-15-63-13-11-61-9-6-46(57)58/h3-4,28-29,31-34H,2,5-27,30,35-36H2,1H3,(H2,48,54)(H,51,56)(H,52,53)(H,57,58). The summed E-state index contributed by atoms with van der Waals surface area (Å²) in [6.07, 6.45) is 9.98. The Morgan fingerprint density at radius 1 is 0.681 bits per heavy atom. The number of hydrogen-bond donors (Lipinski definition) is 4. The average Bonchev–Trinajstić information content (AvgIpc) is 3.80. The molecule has 22 heteroatoms. The fourth-order valence-corrected chi connectivity index (χ4v) is 6.28. The van der Waals surface area contributed by atoms with E-state index in [4.69, 9.17) is 58.2 Å². The summed E-state index contributed by atoms with van der Waals surface area (Å²) in [6.45, 7) is 11.4. The molecule has 69 heavy (non-hydrogen) atoms. The Bertz CT molecular complexity index is 1940. The Balaban J connectivity index is 0.914. The Kier molecular flexibility index (Phi) is 29.2. The molecule has 0 atom stereocenters. The van der Waals surface area contributed by atoms with Crippen molar-refractivity contribution in [2.75, 3.05) is 139 Å². The fraction of sp³-hybridized carbons (Fsp3) is 0.596. The first-order valence-electron chi connectivity index (χ1n) is 23.3. The van der Waals surface area contributed by atoms with Crippen LogP contribution in [0.1, 0.15) is 49.6 Å². The van der Waals surface area contributed by atoms with E-state index in [1.54, 1.807) is 29.7 Å². The second-order valence-electron chi connectivity index (χ2n) is 15.2. The van der Waals surface area contributed by atoms with E-state index >= 15 is 0 Å². The van der Waals surface area contributed by atoms with E-state index in [2.05, 4.69) is 30.5 Å². The summed E-state index contributed by atoms with van der Waals surface area (Å²) in [4.78, 5) is 51.7. The highest BCUT2D eigenvalue weighted by atomic mass is 16.6. The van der Waals surface area contributed by atoms with Gasteiger partial charge < -0.3 is 68.4 Å². The maximum absolute atomic E-state index is 13.6. The number of aromatic nitrogens is 4. The van der Waals surface area contributed by atoms with Crippen molar-refractivity contribution in [3.63, 3.8) is 0 Å². The number of benzene rings is 1. The summed E-state index contributed by atoms with van der Waals surface area (Å²) in [7, 11) is 0. The molecule has 2 aromatic heterocycles. The number of carbonyl (C=O) groups excluding carboxylic acids is 2. The van der Waals surface area contributed by atoms with Crippen molar-refractivity contribution >= 4 is 35.4 Å². The number of hydrogen-bond acceptors (Lipinski definition) is 18. The fourth-order valence-electron chi connectivity index (χ4n) is 6.28. The van der Waals surface area contributed by atoms with Crippen molar-refractivity contribution in [1.82, 2.24) is 30.4 Å². The van der Waals surface area contributed by atoms with Crippen LogP contribution in [0.4, 0.5) is 5.69 Å². The van der Waals surface area contributed by atoms with Crippen LogP contribution in [0.3, 0.4) is 0 Å². The number of carbonyl (C=O) groups is 3. The van der Waals surface area contributed by atoms with Crippen molar-refractivity contribution in [3.8, 4) is 11.1 Å². The van der Waals surface area contributed by atoms with E-state index in [0.717, 1.165) is 28.7 Å². The number of nitrogens with two attached hydrogens (primary N) is 1. The van der Waals surface area contributed by atoms with Gasteiger partial charge in [0.2, 0.25) is 5.91 Å². The van der Waals surface area contributed by atoms with E-state index in [0.29, 0.717) is 155 Å². The van der Waals surface area contributed by atoms with Crippen LogP contribution in [-0.2, 0) is 74.8 Å². The molecule has 0 spiro atoms. The molecule has 5 N–H and O–H groups in total. The lowest BCUT2D eigenvalue weighted by Gasteiger charge is -2.23. The van der Waals surface area contributed by atoms with Gasteiger partial charge in [0.1, 0.15) is 11.7 Å². The van der Waals surface area contributed by atoms with Crippen molar-refractivity contribution < 1.29 is 66.9 Å². The lowest BCUT2D eigenvalue weighted by atomic mass is 10.0. The van der Waals surface area contributed by atoms with Crippen LogP contribution in [0.25, 0.3) is 17.2 Å². The molecule has 382 valence electrons. The second-order valence-corrected chi connectivity index (χ2v) is 15.2. The molecule has 22 nitrogen and oxygen atoms in total. The predicted octanol–water partition coefficient (Wildman–Crippen LogP) is 2.73. The minimum absolute atomic E-state index is 0.0141. The maximum Gasteiger partial charge on any atom is 0.305 e. The third-order valence-corrected chi connectivity index (χ3v) is 9.74. The van der Waals surface area contributed by atoms with Crippen molar-refractivity contribution in [2.24, 2.45) is 10.7 Å². The average molecular weight is 971 g/mol. The number of carboxylic acid groups (broad SMARTS) is 1. The molecule has 0 unspecified atom stereocenters. The van der Waals surface area contributed by atoms with Crippen molar-refractivity contribution in [1.29, 1.82) is 0 Å². The monoisotopic (exact) mass is 971 g/mol. The van der Waals surface area contributed by atoms with Crippen LogP contribution < -0.4 is 11.1 Å². The topological polar surface area (TPSA) is 272 Å². The minimum atomic E-state index is -0.884. The number of nitrogens with one attached hydrogen (secondary N) is 2. The quantitative estimate of drug-likeness (QED) is 0.0595. The molecule has 3 heterocycles. The number of amidine groups is 1. The van der Waals surface area contributed by atoms with Crippen LogP contribution in [-0.4, -0.2) is 192 Å². The molecule has 1 aliphatic heterocycles. The number of aliphatic imine (C=N–C) groups is 1. The lowest BCUT2D eigenvalue weighted by molar-refractivity contribution is -0.138. The van der Waals surface area contributed by atoms with Gasteiger partial charge in [0.05, 0.1) is 157 Å². The zero-order chi connectivity index (χ0) is 49.0. The molecule has 3 aromatic rings. The number of ether oxygens (including phenoxy) is 10. The number of aromatic amines is 1. The zero-order valence-electron chi connectivity index (χ0n) is 39.8. The highest BCUT2D eigenvalue weighted by molar-refractivity contribution is 6.05. The van der Waals surface area contributed by atoms with Gasteiger partial charge in [0.15, 0.2) is 0 Å². The SMILES string of the molecule is CCCN(Cc1cn[nH]c1)C(=O)C1=Cc2ccc(-c3cnc(CNC(=O)CCOCCOCCOCCOCCOCCOCCOCCOCCOCCOCCC(=O)O)nc3)cc2N=C(N)C1. The third kappa shape index (κ3) is 25.2. The van der Waals surface area contributed by atoms with Gasteiger partial charge in [-0.1, -0.05) is 19.1 Å². The molecule has 0 saturated heterocycles. The Hall–Kier alpha value is -5.27. The third-order valence-electron chi connectivity index (χ3n) is 9.74. The molecular weight excluding hydrogens is 901 g/mol. The predicted molar refractivity (Wildman–Crippen MR) is 253 cm³/mol. The smallest absolute Gasteiger partial charge is 0.305 e. The molecule has 0 saturated carbocycles. The zero-order valence-corrected chi connectivity index (χ0v) is 39.8. The molecule has 0 radical (unpaired) electrons. The number of amides is 2. The van der Waals surface area contributed by atoms with Gasteiger partial charge in [0.25, 0.3) is 5.91 Å². The number of H-pyrrole nitrogens is 1. The molecule has 2 amide bonds. The first kappa shape index (κ1) is 56.3. The molecule has 0 bridgehead atoms. The first-order valence-corrected chi connectivity index (χ1v) is 23.3. The molecule has 4 rings (SSSR count). The van der Waals surface area contributed by atoms with E-state index in [1.165, 1.54) is 0 Å². The summed E-state index contributed by atoms with van der Waals surface area (Å²) in [5.41, 5.74) is 10.9. The van der Waals surface area contributed by atoms with Gasteiger partial charge >= 0.3 is 5.97 Å². The number of aliphatic carboxylic acids is 1. The van der Waals surface area contributed by atoms with E-state index in [1.807, 2.05) is 31.2 Å². The second kappa shape index (κ2) is 35.8. The van der Waals surface area contributed by atoms with Gasteiger partial charge in [-0.2, -0.15) is 5.10 Å². The largest absolute Gasteiger partial charge is 0.481 e. The van der Waals surface area contributed by atoms with Gasteiger partial charge in [-0.3, -0.25) is 19.5 Å². The van der Waals surface area contributed by atoms with Crippen LogP contribution in [0.15, 0.2) is 53.6 Å². The van der Waals surface area contributed by atoms with E-state index in [9.17, 15) is 14.4 Å². The molecular formula is C47H70N8O14. The maximum atomic E-state index is 13.6. The number of carboxylic acids is 1. The highest BCUT2D eigenvalue weighted by Crippen LogP contribution is 2.32. The van der Waals surface area contributed by atoms with Crippen LogP contribution in [0.5, 0.6) is 0 Å². The molecule has 1 aromatic carbocycles. The van der Waals surface area contributed by atoms with Gasteiger partial charge in [-0.05, 0) is 24.1 Å². The summed E-state index contributed by atoms with van der Waals surface area (Å²) in [5, 5.41) is 18.1. The number of nitrogens with zero attached hydrogens (tertiary/aromatic N) is 5. The summed E-state index contributed by atoms with van der Waals surface area (Å²) >= 11 is 0.